The lowest BCUT2D eigenvalue weighted by Gasteiger charge is -2.33. The topological polar surface area (TPSA) is 42.4 Å². The summed E-state index contributed by atoms with van der Waals surface area (Å²) >= 11 is 2.02. The maximum atomic E-state index is 6.09. The van der Waals surface area contributed by atoms with Crippen LogP contribution in [0.5, 0.6) is 0 Å². The van der Waals surface area contributed by atoms with Crippen LogP contribution in [0.25, 0.3) is 0 Å². The number of thioether (sulfide) groups is 1. The molecular formula is C12H20N2OS. The molecule has 1 aromatic rings. The summed E-state index contributed by atoms with van der Waals surface area (Å²) in [7, 11) is 2.16. The van der Waals surface area contributed by atoms with E-state index in [0.29, 0.717) is 6.04 Å². The van der Waals surface area contributed by atoms with Crippen LogP contribution >= 0.6 is 11.8 Å². The van der Waals surface area contributed by atoms with Gasteiger partial charge in [-0.1, -0.05) is 0 Å². The van der Waals surface area contributed by atoms with Gasteiger partial charge in [-0.3, -0.25) is 4.90 Å². The van der Waals surface area contributed by atoms with Gasteiger partial charge in [0.1, 0.15) is 5.76 Å². The van der Waals surface area contributed by atoms with E-state index in [1.807, 2.05) is 30.8 Å². The summed E-state index contributed by atoms with van der Waals surface area (Å²) in [5.74, 6) is 3.45. The van der Waals surface area contributed by atoms with E-state index in [2.05, 4.69) is 11.9 Å². The first-order valence-electron chi connectivity index (χ1n) is 5.79. The largest absolute Gasteiger partial charge is 0.468 e. The van der Waals surface area contributed by atoms with Crippen LogP contribution in [0.2, 0.25) is 0 Å². The molecule has 1 aliphatic heterocycles. The van der Waals surface area contributed by atoms with Crippen molar-refractivity contribution in [3.05, 3.63) is 24.2 Å². The number of rotatable bonds is 4. The molecule has 0 aliphatic carbocycles. The summed E-state index contributed by atoms with van der Waals surface area (Å²) in [6.45, 7) is 2.05. The third-order valence-corrected chi connectivity index (χ3v) is 4.40. The van der Waals surface area contributed by atoms with Crippen LogP contribution in [0.1, 0.15) is 25.1 Å². The maximum absolute atomic E-state index is 6.09. The van der Waals surface area contributed by atoms with Crippen molar-refractivity contribution in [2.45, 2.75) is 31.5 Å². The van der Waals surface area contributed by atoms with Gasteiger partial charge in [0, 0.05) is 17.8 Å². The average Bonchev–Trinajstić information content (AvgIpc) is 2.89. The Morgan fingerprint density at radius 3 is 2.94 bits per heavy atom. The first-order chi connectivity index (χ1) is 7.70. The molecule has 2 rings (SSSR count). The van der Waals surface area contributed by atoms with Crippen LogP contribution in [0.15, 0.2) is 22.8 Å². The minimum Gasteiger partial charge on any atom is -0.468 e. The van der Waals surface area contributed by atoms with Gasteiger partial charge in [0.2, 0.25) is 0 Å². The molecule has 1 aliphatic rings. The first-order valence-corrected chi connectivity index (χ1v) is 6.94. The highest BCUT2D eigenvalue weighted by Crippen LogP contribution is 2.30. The third-order valence-electron chi connectivity index (χ3n) is 3.25. The molecule has 16 heavy (non-hydrogen) atoms. The molecule has 3 atom stereocenters. The smallest absolute Gasteiger partial charge is 0.122 e. The van der Waals surface area contributed by atoms with Crippen molar-refractivity contribution in [1.29, 1.82) is 0 Å². The number of hydrogen-bond acceptors (Lipinski definition) is 4. The van der Waals surface area contributed by atoms with Crippen molar-refractivity contribution < 1.29 is 4.42 Å². The Morgan fingerprint density at radius 1 is 1.62 bits per heavy atom. The molecule has 0 amide bonds. The van der Waals surface area contributed by atoms with Crippen molar-refractivity contribution in [1.82, 2.24) is 4.90 Å². The van der Waals surface area contributed by atoms with Gasteiger partial charge in [-0.25, -0.2) is 0 Å². The van der Waals surface area contributed by atoms with Crippen molar-refractivity contribution in [3.8, 4) is 0 Å². The van der Waals surface area contributed by atoms with Gasteiger partial charge in [0.25, 0.3) is 0 Å². The lowest BCUT2D eigenvalue weighted by molar-refractivity contribution is 0.148. The van der Waals surface area contributed by atoms with E-state index in [1.54, 1.807) is 6.26 Å². The highest BCUT2D eigenvalue weighted by Gasteiger charge is 2.30. The second-order valence-corrected chi connectivity index (χ2v) is 5.65. The molecule has 2 N–H and O–H groups in total. The van der Waals surface area contributed by atoms with Gasteiger partial charge in [-0.15, -0.1) is 0 Å². The van der Waals surface area contributed by atoms with Crippen LogP contribution in [0.3, 0.4) is 0 Å². The van der Waals surface area contributed by atoms with Gasteiger partial charge in [-0.05, 0) is 38.3 Å². The molecule has 3 nitrogen and oxygen atoms in total. The second kappa shape index (κ2) is 5.25. The van der Waals surface area contributed by atoms with Crippen LogP contribution in [0, 0.1) is 0 Å². The number of furan rings is 1. The average molecular weight is 240 g/mol. The summed E-state index contributed by atoms with van der Waals surface area (Å²) in [6.07, 6.45) is 2.98. The zero-order valence-electron chi connectivity index (χ0n) is 9.93. The highest BCUT2D eigenvalue weighted by atomic mass is 32.2. The Hall–Kier alpha value is -0.450. The monoisotopic (exact) mass is 240 g/mol. The standard InChI is InChI=1S/C12H20N2OS/c1-9(13)12(11-4-3-6-15-11)14(2)10-5-7-16-8-10/h3-4,6,9-10,12H,5,7-8,13H2,1-2H3. The lowest BCUT2D eigenvalue weighted by Crippen LogP contribution is -2.42. The number of nitrogens with zero attached hydrogens (tertiary/aromatic N) is 1. The van der Waals surface area contributed by atoms with Crippen molar-refractivity contribution in [2.24, 2.45) is 5.73 Å². The minimum atomic E-state index is 0.0850. The molecule has 1 saturated heterocycles. The Kier molecular flexibility index (Phi) is 3.95. The molecule has 0 saturated carbocycles. The van der Waals surface area contributed by atoms with Crippen LogP contribution < -0.4 is 5.73 Å². The number of hydrogen-bond donors (Lipinski definition) is 1. The van der Waals surface area contributed by atoms with E-state index in [1.165, 1.54) is 17.9 Å². The normalized spacial score (nSPS) is 24.9. The minimum absolute atomic E-state index is 0.0850. The summed E-state index contributed by atoms with van der Waals surface area (Å²) in [5, 5.41) is 0. The Morgan fingerprint density at radius 2 is 2.44 bits per heavy atom. The summed E-state index contributed by atoms with van der Waals surface area (Å²) < 4.78 is 5.51. The van der Waals surface area contributed by atoms with E-state index in [0.717, 1.165) is 5.76 Å². The molecule has 90 valence electrons. The van der Waals surface area contributed by atoms with Gasteiger partial charge in [-0.2, -0.15) is 11.8 Å². The molecule has 3 unspecified atom stereocenters. The second-order valence-electron chi connectivity index (χ2n) is 4.50. The number of likely N-dealkylation sites (N-methyl/N-ethyl adjacent to an activating group) is 1. The van der Waals surface area contributed by atoms with E-state index < -0.39 is 0 Å². The number of nitrogens with two attached hydrogens (primary N) is 1. The zero-order chi connectivity index (χ0) is 11.5. The van der Waals surface area contributed by atoms with Crippen LogP contribution in [-0.2, 0) is 0 Å². The third kappa shape index (κ3) is 2.44. The summed E-state index contributed by atoms with van der Waals surface area (Å²) in [6, 6.07) is 4.86. The van der Waals surface area contributed by atoms with Gasteiger partial charge in [0.05, 0.1) is 12.3 Å². The Balaban J connectivity index is 2.12. The first kappa shape index (κ1) is 12.0. The molecule has 1 aromatic heterocycles. The van der Waals surface area contributed by atoms with E-state index in [-0.39, 0.29) is 12.1 Å². The fraction of sp³-hybridized carbons (Fsp3) is 0.667. The Labute approximate surface area is 101 Å². The van der Waals surface area contributed by atoms with E-state index >= 15 is 0 Å². The molecule has 4 heteroatoms. The van der Waals surface area contributed by atoms with Gasteiger partial charge in [0.15, 0.2) is 0 Å². The molecule has 2 heterocycles. The van der Waals surface area contributed by atoms with Gasteiger partial charge < -0.3 is 10.2 Å². The molecule has 0 bridgehead atoms. The maximum Gasteiger partial charge on any atom is 0.122 e. The SMILES string of the molecule is CC(N)C(c1ccco1)N(C)C1CCSC1. The fourth-order valence-corrected chi connectivity index (χ4v) is 3.64. The van der Waals surface area contributed by atoms with Crippen molar-refractivity contribution in [2.75, 3.05) is 18.6 Å². The zero-order valence-corrected chi connectivity index (χ0v) is 10.7. The van der Waals surface area contributed by atoms with Crippen molar-refractivity contribution >= 4 is 11.8 Å². The molecule has 0 radical (unpaired) electrons. The van der Waals surface area contributed by atoms with Crippen LogP contribution in [-0.4, -0.2) is 35.5 Å². The van der Waals surface area contributed by atoms with Gasteiger partial charge >= 0.3 is 0 Å². The molecule has 0 aromatic carbocycles. The predicted octanol–water partition coefficient (Wildman–Crippen LogP) is 2.11. The van der Waals surface area contributed by atoms with E-state index in [9.17, 15) is 0 Å². The fourth-order valence-electron chi connectivity index (χ4n) is 2.36. The van der Waals surface area contributed by atoms with Crippen molar-refractivity contribution in [3.63, 3.8) is 0 Å². The summed E-state index contributed by atoms with van der Waals surface area (Å²) in [5.41, 5.74) is 6.09. The molecule has 0 spiro atoms. The molecular weight excluding hydrogens is 220 g/mol. The lowest BCUT2D eigenvalue weighted by atomic mass is 10.0. The van der Waals surface area contributed by atoms with E-state index in [4.69, 9.17) is 10.2 Å². The predicted molar refractivity (Wildman–Crippen MR) is 68.6 cm³/mol. The highest BCUT2D eigenvalue weighted by molar-refractivity contribution is 7.99. The summed E-state index contributed by atoms with van der Waals surface area (Å²) in [4.78, 5) is 2.38. The molecule has 1 fully saturated rings. The van der Waals surface area contributed by atoms with Crippen LogP contribution in [0.4, 0.5) is 0 Å². The Bertz CT molecular complexity index is 307. The quantitative estimate of drug-likeness (QED) is 0.875.